The summed E-state index contributed by atoms with van der Waals surface area (Å²) in [5.74, 6) is -0.0861. The van der Waals surface area contributed by atoms with Gasteiger partial charge in [0.25, 0.3) is 0 Å². The summed E-state index contributed by atoms with van der Waals surface area (Å²) in [5.41, 5.74) is 3.07. The molecule has 0 unspecified atom stereocenters. The van der Waals surface area contributed by atoms with Gasteiger partial charge >= 0.3 is 0 Å². The number of aryl methyl sites for hydroxylation is 2. The highest BCUT2D eigenvalue weighted by atomic mass is 35.5. The molecule has 0 bridgehead atoms. The Hall–Kier alpha value is -1.36. The molecular weight excluding hydrogens is 318 g/mol. The summed E-state index contributed by atoms with van der Waals surface area (Å²) >= 11 is 5.99. The standard InChI is InChI=1S/C17H20ClNO2S/c1-14-8-10-15(11-9-14)5-4-12-19-22(20,21)13-16-6-2-3-7-17(16)18/h2-3,6-11,19H,4-5,12-13H2,1H3. The molecule has 0 saturated heterocycles. The summed E-state index contributed by atoms with van der Waals surface area (Å²) in [4.78, 5) is 0. The molecule has 118 valence electrons. The third-order valence-electron chi connectivity index (χ3n) is 3.39. The lowest BCUT2D eigenvalue weighted by molar-refractivity contribution is 0.578. The van der Waals surface area contributed by atoms with Gasteiger partial charge < -0.3 is 0 Å². The Morgan fingerprint density at radius 3 is 2.41 bits per heavy atom. The van der Waals surface area contributed by atoms with E-state index < -0.39 is 10.0 Å². The van der Waals surface area contributed by atoms with Gasteiger partial charge in [-0.15, -0.1) is 0 Å². The van der Waals surface area contributed by atoms with Gasteiger partial charge in [-0.3, -0.25) is 0 Å². The number of halogens is 1. The van der Waals surface area contributed by atoms with E-state index >= 15 is 0 Å². The fourth-order valence-electron chi connectivity index (χ4n) is 2.15. The molecule has 3 nitrogen and oxygen atoms in total. The Morgan fingerprint density at radius 1 is 1.05 bits per heavy atom. The Balaban J connectivity index is 1.80. The first kappa shape index (κ1) is 17.0. The van der Waals surface area contributed by atoms with Crippen LogP contribution >= 0.6 is 11.6 Å². The van der Waals surface area contributed by atoms with Gasteiger partial charge in [-0.2, -0.15) is 0 Å². The van der Waals surface area contributed by atoms with Crippen molar-refractivity contribution < 1.29 is 8.42 Å². The van der Waals surface area contributed by atoms with Crippen molar-refractivity contribution in [1.82, 2.24) is 4.72 Å². The molecule has 0 aromatic heterocycles. The molecule has 1 N–H and O–H groups in total. The van der Waals surface area contributed by atoms with Crippen molar-refractivity contribution in [3.63, 3.8) is 0 Å². The largest absolute Gasteiger partial charge is 0.215 e. The minimum absolute atomic E-state index is 0.0861. The van der Waals surface area contributed by atoms with Crippen molar-refractivity contribution in [2.75, 3.05) is 6.54 Å². The normalized spacial score (nSPS) is 11.5. The van der Waals surface area contributed by atoms with E-state index in [4.69, 9.17) is 11.6 Å². The SMILES string of the molecule is Cc1ccc(CCCNS(=O)(=O)Cc2ccccc2Cl)cc1. The van der Waals surface area contributed by atoms with Crippen LogP contribution in [0.4, 0.5) is 0 Å². The van der Waals surface area contributed by atoms with Gasteiger partial charge in [0, 0.05) is 11.6 Å². The molecule has 2 rings (SSSR count). The molecule has 0 fully saturated rings. The van der Waals surface area contributed by atoms with E-state index in [2.05, 4.69) is 29.0 Å². The molecule has 0 amide bonds. The van der Waals surface area contributed by atoms with E-state index in [1.54, 1.807) is 24.3 Å². The van der Waals surface area contributed by atoms with Crippen LogP contribution in [0.2, 0.25) is 5.02 Å². The van der Waals surface area contributed by atoms with Crippen molar-refractivity contribution >= 4 is 21.6 Å². The smallest absolute Gasteiger partial charge is 0.215 e. The van der Waals surface area contributed by atoms with Gasteiger partial charge in [0.15, 0.2) is 0 Å². The second-order valence-electron chi connectivity index (χ2n) is 5.33. The fourth-order valence-corrected chi connectivity index (χ4v) is 3.65. The molecule has 0 heterocycles. The first-order valence-electron chi connectivity index (χ1n) is 7.22. The van der Waals surface area contributed by atoms with Crippen molar-refractivity contribution in [2.45, 2.75) is 25.5 Å². The lowest BCUT2D eigenvalue weighted by Crippen LogP contribution is -2.26. The van der Waals surface area contributed by atoms with Crippen LogP contribution in [0.25, 0.3) is 0 Å². The molecule has 0 aliphatic heterocycles. The van der Waals surface area contributed by atoms with Crippen molar-refractivity contribution in [3.05, 3.63) is 70.2 Å². The van der Waals surface area contributed by atoms with Gasteiger partial charge in [-0.05, 0) is 37.0 Å². The number of hydrogen-bond donors (Lipinski definition) is 1. The molecular formula is C17H20ClNO2S. The monoisotopic (exact) mass is 337 g/mol. The summed E-state index contributed by atoms with van der Waals surface area (Å²) in [6.45, 7) is 2.48. The number of sulfonamides is 1. The Bertz CT molecular complexity index is 712. The minimum atomic E-state index is -3.35. The summed E-state index contributed by atoms with van der Waals surface area (Å²) in [5, 5.41) is 0.479. The maximum Gasteiger partial charge on any atom is 0.215 e. The highest BCUT2D eigenvalue weighted by Gasteiger charge is 2.12. The van der Waals surface area contributed by atoms with Crippen LogP contribution in [0.15, 0.2) is 48.5 Å². The fraction of sp³-hybridized carbons (Fsp3) is 0.294. The maximum absolute atomic E-state index is 12.0. The number of rotatable bonds is 7. The van der Waals surface area contributed by atoms with E-state index in [0.29, 0.717) is 17.1 Å². The minimum Gasteiger partial charge on any atom is -0.215 e. The Labute approximate surface area is 137 Å². The number of benzene rings is 2. The average Bonchev–Trinajstić information content (AvgIpc) is 2.48. The summed E-state index contributed by atoms with van der Waals surface area (Å²) < 4.78 is 26.7. The third-order valence-corrected chi connectivity index (χ3v) is 5.09. The van der Waals surface area contributed by atoms with Crippen LogP contribution in [0.1, 0.15) is 23.1 Å². The summed E-state index contributed by atoms with van der Waals surface area (Å²) in [6, 6.07) is 15.3. The van der Waals surface area contributed by atoms with Crippen LogP contribution in [0.5, 0.6) is 0 Å². The predicted octanol–water partition coefficient (Wildman–Crippen LogP) is 3.70. The van der Waals surface area contributed by atoms with Crippen LogP contribution in [0, 0.1) is 6.92 Å². The summed E-state index contributed by atoms with van der Waals surface area (Å²) in [7, 11) is -3.35. The molecule has 0 aliphatic rings. The lowest BCUT2D eigenvalue weighted by Gasteiger charge is -2.08. The van der Waals surface area contributed by atoms with E-state index in [0.717, 1.165) is 12.8 Å². The molecule has 22 heavy (non-hydrogen) atoms. The quantitative estimate of drug-likeness (QED) is 0.783. The molecule has 0 saturated carbocycles. The molecule has 5 heteroatoms. The molecule has 2 aromatic carbocycles. The second kappa shape index (κ2) is 7.77. The van der Waals surface area contributed by atoms with Crippen molar-refractivity contribution in [1.29, 1.82) is 0 Å². The summed E-state index contributed by atoms with van der Waals surface area (Å²) in [6.07, 6.45) is 1.62. The highest BCUT2D eigenvalue weighted by molar-refractivity contribution is 7.88. The lowest BCUT2D eigenvalue weighted by atomic mass is 10.1. The van der Waals surface area contributed by atoms with E-state index in [1.165, 1.54) is 11.1 Å². The zero-order valence-electron chi connectivity index (χ0n) is 12.5. The van der Waals surface area contributed by atoms with Crippen LogP contribution in [0.3, 0.4) is 0 Å². The van der Waals surface area contributed by atoms with Gasteiger partial charge in [-0.1, -0.05) is 59.6 Å². The van der Waals surface area contributed by atoms with E-state index in [1.807, 2.05) is 6.92 Å². The first-order valence-corrected chi connectivity index (χ1v) is 9.25. The van der Waals surface area contributed by atoms with Gasteiger partial charge in [0.1, 0.15) is 0 Å². The molecule has 2 aromatic rings. The number of hydrogen-bond acceptors (Lipinski definition) is 2. The van der Waals surface area contributed by atoms with Crippen molar-refractivity contribution in [3.8, 4) is 0 Å². The zero-order valence-corrected chi connectivity index (χ0v) is 14.1. The predicted molar refractivity (Wildman–Crippen MR) is 91.6 cm³/mol. The van der Waals surface area contributed by atoms with Crippen LogP contribution < -0.4 is 4.72 Å². The first-order chi connectivity index (χ1) is 10.5. The van der Waals surface area contributed by atoms with Gasteiger partial charge in [0.05, 0.1) is 5.75 Å². The van der Waals surface area contributed by atoms with Crippen molar-refractivity contribution in [2.24, 2.45) is 0 Å². The van der Waals surface area contributed by atoms with Gasteiger partial charge in [0.2, 0.25) is 10.0 Å². The maximum atomic E-state index is 12.0. The van der Waals surface area contributed by atoms with Gasteiger partial charge in [-0.25, -0.2) is 13.1 Å². The van der Waals surface area contributed by atoms with Crippen LogP contribution in [-0.2, 0) is 22.2 Å². The molecule has 0 aliphatic carbocycles. The van der Waals surface area contributed by atoms with E-state index in [9.17, 15) is 8.42 Å². The van der Waals surface area contributed by atoms with Crippen LogP contribution in [-0.4, -0.2) is 15.0 Å². The highest BCUT2D eigenvalue weighted by Crippen LogP contribution is 2.17. The molecule has 0 spiro atoms. The average molecular weight is 338 g/mol. The topological polar surface area (TPSA) is 46.2 Å². The van der Waals surface area contributed by atoms with E-state index in [-0.39, 0.29) is 5.75 Å². The molecule has 0 radical (unpaired) electrons. The Kier molecular flexibility index (Phi) is 6.00. The zero-order chi connectivity index (χ0) is 16.0. The number of nitrogens with one attached hydrogen (secondary N) is 1. The Morgan fingerprint density at radius 2 is 1.73 bits per heavy atom. The third kappa shape index (κ3) is 5.44. The second-order valence-corrected chi connectivity index (χ2v) is 7.55. The molecule has 0 atom stereocenters.